The van der Waals surface area contributed by atoms with Gasteiger partial charge in [-0.15, -0.1) is 0 Å². The van der Waals surface area contributed by atoms with Crippen molar-refractivity contribution in [2.45, 2.75) is 0 Å². The minimum absolute atomic E-state index is 0.0549. The highest BCUT2D eigenvalue weighted by atomic mass is 16.5. The Hall–Kier alpha value is -2.89. The predicted molar refractivity (Wildman–Crippen MR) is 75.4 cm³/mol. The Kier molecular flexibility index (Phi) is 3.06. The lowest BCUT2D eigenvalue weighted by molar-refractivity contribution is 0.0553. The van der Waals surface area contributed by atoms with Gasteiger partial charge in [-0.1, -0.05) is 24.3 Å². The van der Waals surface area contributed by atoms with E-state index in [1.807, 2.05) is 30.3 Å². The van der Waals surface area contributed by atoms with E-state index in [9.17, 15) is 9.59 Å². The second-order valence-electron chi connectivity index (χ2n) is 4.40. The third-order valence-corrected chi connectivity index (χ3v) is 3.28. The molecule has 0 amide bonds. The minimum atomic E-state index is -0.678. The van der Waals surface area contributed by atoms with Gasteiger partial charge in [0.25, 0.3) is 0 Å². The monoisotopic (exact) mass is 284 g/mol. The van der Waals surface area contributed by atoms with Gasteiger partial charge in [-0.3, -0.25) is 0 Å². The van der Waals surface area contributed by atoms with E-state index in [0.717, 1.165) is 10.9 Å². The van der Waals surface area contributed by atoms with E-state index in [1.54, 1.807) is 10.6 Å². The summed E-state index contributed by atoms with van der Waals surface area (Å²) in [5.41, 5.74) is 1.34. The highest BCUT2D eigenvalue weighted by molar-refractivity contribution is 6.08. The summed E-state index contributed by atoms with van der Waals surface area (Å²) in [6, 6.07) is 11.1. The Morgan fingerprint density at radius 3 is 2.38 bits per heavy atom. The molecule has 21 heavy (non-hydrogen) atoms. The molecule has 3 rings (SSSR count). The zero-order valence-corrected chi connectivity index (χ0v) is 11.5. The molecule has 0 N–H and O–H groups in total. The number of hydrogen-bond acceptors (Lipinski definition) is 5. The number of carbonyl (C=O) groups excluding carboxylic acids is 2. The Morgan fingerprint density at radius 2 is 1.67 bits per heavy atom. The molecule has 0 unspecified atom stereocenters. The second-order valence-corrected chi connectivity index (χ2v) is 4.40. The van der Waals surface area contributed by atoms with Crippen LogP contribution in [-0.4, -0.2) is 35.8 Å². The van der Waals surface area contributed by atoms with Crippen molar-refractivity contribution in [3.63, 3.8) is 0 Å². The number of hydrogen-bond donors (Lipinski definition) is 0. The number of nitrogens with zero attached hydrogens (tertiary/aromatic N) is 2. The van der Waals surface area contributed by atoms with E-state index in [1.165, 1.54) is 14.2 Å². The Labute approximate surface area is 119 Å². The number of esters is 2. The van der Waals surface area contributed by atoms with Gasteiger partial charge < -0.3 is 9.47 Å². The second kappa shape index (κ2) is 4.90. The summed E-state index contributed by atoms with van der Waals surface area (Å²) in [6.07, 6.45) is 0. The molecule has 6 heteroatoms. The van der Waals surface area contributed by atoms with Crippen molar-refractivity contribution in [1.29, 1.82) is 0 Å². The van der Waals surface area contributed by atoms with Crippen molar-refractivity contribution < 1.29 is 19.1 Å². The number of carbonyl (C=O) groups is 2. The molecule has 0 saturated heterocycles. The molecule has 0 aliphatic rings. The van der Waals surface area contributed by atoms with Gasteiger partial charge in [0.15, 0.2) is 5.69 Å². The summed E-state index contributed by atoms with van der Waals surface area (Å²) >= 11 is 0. The van der Waals surface area contributed by atoms with Crippen LogP contribution >= 0.6 is 0 Å². The van der Waals surface area contributed by atoms with Crippen molar-refractivity contribution in [2.24, 2.45) is 0 Å². The first-order valence-electron chi connectivity index (χ1n) is 6.24. The topological polar surface area (TPSA) is 69.9 Å². The van der Waals surface area contributed by atoms with Crippen molar-refractivity contribution in [1.82, 2.24) is 9.61 Å². The van der Waals surface area contributed by atoms with Crippen molar-refractivity contribution in [3.05, 3.63) is 47.7 Å². The van der Waals surface area contributed by atoms with Crippen molar-refractivity contribution in [3.8, 4) is 0 Å². The molecule has 0 bridgehead atoms. The van der Waals surface area contributed by atoms with Crippen molar-refractivity contribution >= 4 is 28.4 Å². The van der Waals surface area contributed by atoms with Gasteiger partial charge in [-0.25, -0.2) is 14.1 Å². The molecule has 1 aromatic carbocycles. The highest BCUT2D eigenvalue weighted by Crippen LogP contribution is 2.23. The number of benzene rings is 1. The third kappa shape index (κ3) is 1.92. The van der Waals surface area contributed by atoms with Crippen LogP contribution in [0.4, 0.5) is 0 Å². The molecule has 0 spiro atoms. The maximum Gasteiger partial charge on any atom is 0.359 e. The van der Waals surface area contributed by atoms with E-state index >= 15 is 0 Å². The minimum Gasteiger partial charge on any atom is -0.465 e. The molecule has 0 aliphatic heterocycles. The van der Waals surface area contributed by atoms with Gasteiger partial charge in [-0.2, -0.15) is 5.10 Å². The molecule has 106 valence electrons. The van der Waals surface area contributed by atoms with E-state index in [2.05, 4.69) is 5.10 Å². The number of para-hydroxylation sites is 1. The van der Waals surface area contributed by atoms with Crippen LogP contribution in [0.3, 0.4) is 0 Å². The molecule has 0 saturated carbocycles. The average molecular weight is 284 g/mol. The molecular formula is C15H12N2O4. The normalized spacial score (nSPS) is 10.8. The molecule has 2 aromatic heterocycles. The Bertz CT molecular complexity index is 867. The zero-order valence-electron chi connectivity index (χ0n) is 11.5. The van der Waals surface area contributed by atoms with E-state index in [0.29, 0.717) is 5.52 Å². The fraction of sp³-hybridized carbons (Fsp3) is 0.133. The van der Waals surface area contributed by atoms with Gasteiger partial charge in [0.05, 0.1) is 25.3 Å². The molecule has 6 nitrogen and oxygen atoms in total. The summed E-state index contributed by atoms with van der Waals surface area (Å²) in [5.74, 6) is -1.30. The lowest BCUT2D eigenvalue weighted by Crippen LogP contribution is -2.10. The smallest absolute Gasteiger partial charge is 0.359 e. The molecular weight excluding hydrogens is 272 g/mol. The third-order valence-electron chi connectivity index (χ3n) is 3.28. The first-order chi connectivity index (χ1) is 10.2. The van der Waals surface area contributed by atoms with E-state index in [-0.39, 0.29) is 11.3 Å². The zero-order chi connectivity index (χ0) is 15.0. The summed E-state index contributed by atoms with van der Waals surface area (Å²) in [4.78, 5) is 23.8. The number of ether oxygens (including phenoxy) is 2. The molecule has 0 fully saturated rings. The van der Waals surface area contributed by atoms with Crippen LogP contribution in [0.5, 0.6) is 0 Å². The lowest BCUT2D eigenvalue weighted by Gasteiger charge is -2.01. The SMILES string of the molecule is COC(=O)c1nn2c(ccc3ccccc32)c1C(=O)OC. The number of rotatable bonds is 2. The van der Waals surface area contributed by atoms with Gasteiger partial charge in [0.2, 0.25) is 0 Å². The van der Waals surface area contributed by atoms with Crippen LogP contribution in [0.1, 0.15) is 20.8 Å². The number of aromatic nitrogens is 2. The van der Waals surface area contributed by atoms with Gasteiger partial charge >= 0.3 is 11.9 Å². The fourth-order valence-corrected chi connectivity index (χ4v) is 2.30. The summed E-state index contributed by atoms with van der Waals surface area (Å²) in [7, 11) is 2.50. The number of pyridine rings is 1. The quantitative estimate of drug-likeness (QED) is 0.674. The first-order valence-corrected chi connectivity index (χ1v) is 6.24. The lowest BCUT2D eigenvalue weighted by atomic mass is 10.1. The predicted octanol–water partition coefficient (Wildman–Crippen LogP) is 2.06. The molecule has 0 atom stereocenters. The van der Waals surface area contributed by atoms with Crippen LogP contribution < -0.4 is 0 Å². The maximum atomic E-state index is 12.0. The fourth-order valence-electron chi connectivity index (χ4n) is 2.30. The van der Waals surface area contributed by atoms with E-state index in [4.69, 9.17) is 9.47 Å². The Morgan fingerprint density at radius 1 is 0.952 bits per heavy atom. The standard InChI is InChI=1S/C15H12N2O4/c1-20-14(18)12-11-8-7-9-5-3-4-6-10(9)17(11)16-13(12)15(19)21-2/h3-8H,1-2H3. The van der Waals surface area contributed by atoms with Gasteiger partial charge in [-0.05, 0) is 12.1 Å². The maximum absolute atomic E-state index is 12.0. The highest BCUT2D eigenvalue weighted by Gasteiger charge is 2.26. The van der Waals surface area contributed by atoms with Crippen LogP contribution in [0, 0.1) is 0 Å². The van der Waals surface area contributed by atoms with Crippen LogP contribution in [-0.2, 0) is 9.47 Å². The molecule has 0 aliphatic carbocycles. The summed E-state index contributed by atoms with van der Waals surface area (Å²) in [5, 5.41) is 5.17. The summed E-state index contributed by atoms with van der Waals surface area (Å²) < 4.78 is 11.0. The van der Waals surface area contributed by atoms with Crippen molar-refractivity contribution in [2.75, 3.05) is 14.2 Å². The van der Waals surface area contributed by atoms with Crippen LogP contribution in [0.2, 0.25) is 0 Å². The summed E-state index contributed by atoms with van der Waals surface area (Å²) in [6.45, 7) is 0. The Balaban J connectivity index is 2.43. The van der Waals surface area contributed by atoms with Crippen LogP contribution in [0.25, 0.3) is 16.4 Å². The van der Waals surface area contributed by atoms with E-state index < -0.39 is 11.9 Å². The largest absolute Gasteiger partial charge is 0.465 e. The van der Waals surface area contributed by atoms with Crippen LogP contribution in [0.15, 0.2) is 36.4 Å². The first kappa shape index (κ1) is 13.1. The number of methoxy groups -OCH3 is 2. The van der Waals surface area contributed by atoms with Gasteiger partial charge in [0, 0.05) is 5.39 Å². The average Bonchev–Trinajstić information content (AvgIpc) is 2.93. The molecule has 3 aromatic rings. The number of fused-ring (bicyclic) bond motifs is 3. The van der Waals surface area contributed by atoms with Gasteiger partial charge in [0.1, 0.15) is 5.56 Å². The molecule has 2 heterocycles. The molecule has 0 radical (unpaired) electrons.